The number of aryl methyl sites for hydroxylation is 2. The minimum absolute atomic E-state index is 0.0212. The van der Waals surface area contributed by atoms with Crippen molar-refractivity contribution in [2.75, 3.05) is 5.32 Å². The van der Waals surface area contributed by atoms with Crippen LogP contribution in [0.4, 0.5) is 11.5 Å². The fourth-order valence-electron chi connectivity index (χ4n) is 2.38. The number of benzene rings is 1. The summed E-state index contributed by atoms with van der Waals surface area (Å²) < 4.78 is 1.62. The predicted octanol–water partition coefficient (Wildman–Crippen LogP) is 3.09. The molecule has 0 aliphatic carbocycles. The lowest BCUT2D eigenvalue weighted by molar-refractivity contribution is -0.384. The number of nitrogens with one attached hydrogen (secondary N) is 1. The maximum atomic E-state index is 12.4. The molecule has 1 N–H and O–H groups in total. The molecular formula is C16H13ClN6O3. The van der Waals surface area contributed by atoms with Crippen LogP contribution in [0, 0.1) is 24.0 Å². The first-order valence-corrected chi connectivity index (χ1v) is 7.84. The van der Waals surface area contributed by atoms with E-state index in [1.54, 1.807) is 10.7 Å². The average Bonchev–Trinajstić information content (AvgIpc) is 2.93. The molecule has 2 aromatic heterocycles. The number of rotatable bonds is 4. The molecule has 0 radical (unpaired) electrons. The Labute approximate surface area is 152 Å². The van der Waals surface area contributed by atoms with E-state index in [1.165, 1.54) is 18.5 Å². The van der Waals surface area contributed by atoms with E-state index in [0.29, 0.717) is 5.82 Å². The number of anilines is 1. The van der Waals surface area contributed by atoms with Crippen molar-refractivity contribution in [3.8, 4) is 5.82 Å². The molecule has 3 rings (SSSR count). The molecule has 0 bridgehead atoms. The highest BCUT2D eigenvalue weighted by molar-refractivity contribution is 6.34. The summed E-state index contributed by atoms with van der Waals surface area (Å²) in [6.45, 7) is 3.74. The summed E-state index contributed by atoms with van der Waals surface area (Å²) in [4.78, 5) is 30.8. The topological polar surface area (TPSA) is 116 Å². The molecule has 0 saturated carbocycles. The molecule has 2 heterocycles. The van der Waals surface area contributed by atoms with Crippen molar-refractivity contribution in [1.29, 1.82) is 0 Å². The van der Waals surface area contributed by atoms with E-state index in [2.05, 4.69) is 20.4 Å². The maximum Gasteiger partial charge on any atom is 0.270 e. The summed E-state index contributed by atoms with van der Waals surface area (Å²) in [7, 11) is 0. The molecule has 10 heteroatoms. The normalized spacial score (nSPS) is 10.6. The maximum absolute atomic E-state index is 12.4. The fraction of sp³-hybridized carbons (Fsp3) is 0.125. The summed E-state index contributed by atoms with van der Waals surface area (Å²) in [5, 5.41) is 17.9. The summed E-state index contributed by atoms with van der Waals surface area (Å²) >= 11 is 5.98. The van der Waals surface area contributed by atoms with Crippen LogP contribution in [0.25, 0.3) is 5.82 Å². The van der Waals surface area contributed by atoms with Crippen molar-refractivity contribution in [2.45, 2.75) is 13.8 Å². The van der Waals surface area contributed by atoms with Crippen LogP contribution in [0.5, 0.6) is 0 Å². The van der Waals surface area contributed by atoms with E-state index in [1.807, 2.05) is 19.9 Å². The third-order valence-electron chi connectivity index (χ3n) is 3.53. The lowest BCUT2D eigenvalue weighted by Gasteiger charge is -2.08. The highest BCUT2D eigenvalue weighted by Gasteiger charge is 2.17. The predicted molar refractivity (Wildman–Crippen MR) is 94.7 cm³/mol. The molecule has 1 aromatic carbocycles. The lowest BCUT2D eigenvalue weighted by atomic mass is 10.2. The largest absolute Gasteiger partial charge is 0.306 e. The Bertz CT molecular complexity index is 1020. The molecule has 9 nitrogen and oxygen atoms in total. The fourth-order valence-corrected chi connectivity index (χ4v) is 2.58. The van der Waals surface area contributed by atoms with Gasteiger partial charge in [-0.3, -0.25) is 14.9 Å². The molecule has 0 aliphatic heterocycles. The van der Waals surface area contributed by atoms with Crippen molar-refractivity contribution < 1.29 is 9.72 Å². The summed E-state index contributed by atoms with van der Waals surface area (Å²) in [5.41, 5.74) is 1.45. The highest BCUT2D eigenvalue weighted by atomic mass is 35.5. The second-order valence-corrected chi connectivity index (χ2v) is 5.88. The number of aromatic nitrogens is 4. The Kier molecular flexibility index (Phi) is 4.63. The van der Waals surface area contributed by atoms with Crippen LogP contribution in [0.15, 0.2) is 36.7 Å². The third kappa shape index (κ3) is 3.52. The van der Waals surface area contributed by atoms with Crippen LogP contribution < -0.4 is 5.32 Å². The first-order chi connectivity index (χ1) is 12.3. The van der Waals surface area contributed by atoms with E-state index in [0.717, 1.165) is 17.5 Å². The number of nitrogens with zero attached hydrogens (tertiary/aromatic N) is 5. The van der Waals surface area contributed by atoms with Crippen molar-refractivity contribution in [3.63, 3.8) is 0 Å². The van der Waals surface area contributed by atoms with Gasteiger partial charge >= 0.3 is 0 Å². The van der Waals surface area contributed by atoms with Crippen molar-refractivity contribution in [3.05, 3.63) is 68.7 Å². The number of nitro benzene ring substituents is 1. The average molecular weight is 373 g/mol. The Morgan fingerprint density at radius 1 is 1.23 bits per heavy atom. The van der Waals surface area contributed by atoms with Crippen LogP contribution in [-0.2, 0) is 0 Å². The van der Waals surface area contributed by atoms with Gasteiger partial charge in [-0.1, -0.05) is 11.6 Å². The van der Waals surface area contributed by atoms with E-state index in [9.17, 15) is 14.9 Å². The molecule has 0 unspecified atom stereocenters. The first kappa shape index (κ1) is 17.5. The Morgan fingerprint density at radius 2 is 2.00 bits per heavy atom. The van der Waals surface area contributed by atoms with Gasteiger partial charge in [0.05, 0.1) is 21.2 Å². The Morgan fingerprint density at radius 3 is 2.65 bits per heavy atom. The molecule has 0 atom stereocenters. The Hall–Kier alpha value is -3.33. The number of halogens is 1. The second-order valence-electron chi connectivity index (χ2n) is 5.48. The summed E-state index contributed by atoms with van der Waals surface area (Å²) in [6, 6.07) is 7.08. The molecular weight excluding hydrogens is 360 g/mol. The zero-order valence-corrected chi connectivity index (χ0v) is 14.6. The van der Waals surface area contributed by atoms with Crippen molar-refractivity contribution in [2.24, 2.45) is 0 Å². The standard InChI is InChI=1S/C16H13ClN6O3/c1-9-5-10(2)22(21-9)15-7-14(18-8-19-15)20-16(24)12-6-11(23(25)26)3-4-13(12)17/h3-8H,1-2H3,(H,18,19,20,24). The van der Waals surface area contributed by atoms with Gasteiger partial charge in [0, 0.05) is 23.9 Å². The Balaban J connectivity index is 1.89. The van der Waals surface area contributed by atoms with Crippen LogP contribution in [0.3, 0.4) is 0 Å². The lowest BCUT2D eigenvalue weighted by Crippen LogP contribution is -2.15. The number of carbonyl (C=O) groups excluding carboxylic acids is 1. The van der Waals surface area contributed by atoms with Gasteiger partial charge in [0.1, 0.15) is 12.1 Å². The number of non-ortho nitro benzene ring substituents is 1. The number of hydrogen-bond acceptors (Lipinski definition) is 6. The van der Waals surface area contributed by atoms with Gasteiger partial charge in [-0.15, -0.1) is 0 Å². The zero-order valence-electron chi connectivity index (χ0n) is 13.8. The molecule has 1 amide bonds. The van der Waals surface area contributed by atoms with Gasteiger partial charge in [0.2, 0.25) is 0 Å². The molecule has 0 spiro atoms. The molecule has 3 aromatic rings. The second kappa shape index (κ2) is 6.89. The molecule has 0 aliphatic rings. The molecule has 26 heavy (non-hydrogen) atoms. The quantitative estimate of drug-likeness (QED) is 0.555. The minimum atomic E-state index is -0.614. The number of carbonyl (C=O) groups is 1. The third-order valence-corrected chi connectivity index (χ3v) is 3.86. The molecule has 132 valence electrons. The van der Waals surface area contributed by atoms with Crippen LogP contribution >= 0.6 is 11.6 Å². The summed E-state index contributed by atoms with van der Waals surface area (Å²) in [5.74, 6) is 0.0814. The molecule has 0 fully saturated rings. The van der Waals surface area contributed by atoms with Crippen molar-refractivity contribution in [1.82, 2.24) is 19.7 Å². The van der Waals surface area contributed by atoms with Gasteiger partial charge in [0.25, 0.3) is 11.6 Å². The smallest absolute Gasteiger partial charge is 0.270 e. The van der Waals surface area contributed by atoms with E-state index in [-0.39, 0.29) is 22.1 Å². The first-order valence-electron chi connectivity index (χ1n) is 7.46. The van der Waals surface area contributed by atoms with E-state index < -0.39 is 10.8 Å². The van der Waals surface area contributed by atoms with Crippen LogP contribution in [-0.4, -0.2) is 30.6 Å². The van der Waals surface area contributed by atoms with Crippen molar-refractivity contribution >= 4 is 29.0 Å². The van der Waals surface area contributed by atoms with Gasteiger partial charge in [-0.25, -0.2) is 14.6 Å². The van der Waals surface area contributed by atoms with Gasteiger partial charge < -0.3 is 5.32 Å². The minimum Gasteiger partial charge on any atom is -0.306 e. The monoisotopic (exact) mass is 372 g/mol. The number of hydrogen-bond donors (Lipinski definition) is 1. The highest BCUT2D eigenvalue weighted by Crippen LogP contribution is 2.23. The van der Waals surface area contributed by atoms with Crippen LogP contribution in [0.2, 0.25) is 5.02 Å². The SMILES string of the molecule is Cc1cc(C)n(-c2cc(NC(=O)c3cc([N+](=O)[O-])ccc3Cl)ncn2)n1. The van der Waals surface area contributed by atoms with Gasteiger partial charge in [0.15, 0.2) is 5.82 Å². The van der Waals surface area contributed by atoms with Gasteiger partial charge in [-0.2, -0.15) is 5.10 Å². The molecule has 0 saturated heterocycles. The van der Waals surface area contributed by atoms with Gasteiger partial charge in [-0.05, 0) is 26.0 Å². The summed E-state index contributed by atoms with van der Waals surface area (Å²) in [6.07, 6.45) is 1.29. The number of nitro groups is 1. The van der Waals surface area contributed by atoms with E-state index in [4.69, 9.17) is 11.6 Å². The van der Waals surface area contributed by atoms with Crippen LogP contribution in [0.1, 0.15) is 21.7 Å². The zero-order chi connectivity index (χ0) is 18.8. The van der Waals surface area contributed by atoms with E-state index >= 15 is 0 Å². The number of amides is 1.